The Hall–Kier alpha value is -1.33. The molecule has 0 bridgehead atoms. The van der Waals surface area contributed by atoms with E-state index in [4.69, 9.17) is 10.3 Å². The van der Waals surface area contributed by atoms with Gasteiger partial charge in [-0.25, -0.2) is 0 Å². The number of rotatable bonds is 2. The van der Waals surface area contributed by atoms with Crippen LogP contribution in [-0.2, 0) is 6.42 Å². The van der Waals surface area contributed by atoms with Gasteiger partial charge in [-0.3, -0.25) is 0 Å². The maximum absolute atomic E-state index is 6.18. The quantitative estimate of drug-likeness (QED) is 0.916. The van der Waals surface area contributed by atoms with Gasteiger partial charge in [0.15, 0.2) is 5.82 Å². The molecular weight excluding hydrogens is 270 g/mol. The molecule has 1 aliphatic rings. The van der Waals surface area contributed by atoms with Crippen molar-refractivity contribution in [3.63, 3.8) is 0 Å². The molecule has 3 rings (SSSR count). The van der Waals surface area contributed by atoms with Gasteiger partial charge in [-0.2, -0.15) is 4.98 Å². The molecule has 2 heterocycles. The van der Waals surface area contributed by atoms with Crippen LogP contribution in [0.4, 0.5) is 0 Å². The van der Waals surface area contributed by atoms with Crippen LogP contribution >= 0.6 is 11.8 Å². The van der Waals surface area contributed by atoms with E-state index in [0.29, 0.717) is 11.7 Å². The molecule has 0 amide bonds. The van der Waals surface area contributed by atoms with Crippen molar-refractivity contribution in [1.29, 1.82) is 0 Å². The van der Waals surface area contributed by atoms with Gasteiger partial charge >= 0.3 is 0 Å². The van der Waals surface area contributed by atoms with E-state index < -0.39 is 0 Å². The van der Waals surface area contributed by atoms with E-state index in [1.165, 1.54) is 10.5 Å². The van der Waals surface area contributed by atoms with Crippen LogP contribution in [0.2, 0.25) is 0 Å². The number of fused-ring (bicyclic) bond motifs is 1. The highest BCUT2D eigenvalue weighted by Gasteiger charge is 2.31. The molecule has 0 saturated carbocycles. The third-order valence-corrected chi connectivity index (χ3v) is 4.90. The second-order valence-corrected chi connectivity index (χ2v) is 7.50. The van der Waals surface area contributed by atoms with Crippen LogP contribution < -0.4 is 5.73 Å². The summed E-state index contributed by atoms with van der Waals surface area (Å²) in [6.45, 7) is 6.23. The zero-order chi connectivity index (χ0) is 14.3. The third kappa shape index (κ3) is 2.47. The van der Waals surface area contributed by atoms with Gasteiger partial charge in [-0.1, -0.05) is 44.1 Å². The fourth-order valence-corrected chi connectivity index (χ4v) is 3.44. The maximum atomic E-state index is 6.18. The minimum absolute atomic E-state index is 0.0765. The SMILES string of the molecule is CC(C)(C)C(N)c1noc(C2Cc3ccccc3S2)n1. The molecule has 4 nitrogen and oxygen atoms in total. The third-order valence-electron chi connectivity index (χ3n) is 3.59. The second-order valence-electron chi connectivity index (χ2n) is 6.25. The molecule has 1 aromatic carbocycles. The molecule has 106 valence electrons. The van der Waals surface area contributed by atoms with Crippen LogP contribution in [-0.4, -0.2) is 10.1 Å². The summed E-state index contributed by atoms with van der Waals surface area (Å²) in [5.74, 6) is 1.28. The number of thioether (sulfide) groups is 1. The van der Waals surface area contributed by atoms with Crippen LogP contribution in [0.25, 0.3) is 0 Å². The summed E-state index contributed by atoms with van der Waals surface area (Å²) in [4.78, 5) is 5.82. The van der Waals surface area contributed by atoms with Crippen molar-refractivity contribution in [2.24, 2.45) is 11.1 Å². The number of nitrogens with two attached hydrogens (primary N) is 1. The minimum Gasteiger partial charge on any atom is -0.338 e. The molecule has 2 N–H and O–H groups in total. The van der Waals surface area contributed by atoms with Crippen molar-refractivity contribution in [1.82, 2.24) is 10.1 Å². The highest BCUT2D eigenvalue weighted by Crippen LogP contribution is 2.45. The van der Waals surface area contributed by atoms with Crippen molar-refractivity contribution in [3.05, 3.63) is 41.5 Å². The zero-order valence-corrected chi connectivity index (χ0v) is 12.8. The molecule has 0 radical (unpaired) electrons. The first-order valence-corrected chi connectivity index (χ1v) is 7.67. The van der Waals surface area contributed by atoms with Gasteiger partial charge in [0, 0.05) is 4.90 Å². The number of nitrogens with zero attached hydrogens (tertiary/aromatic N) is 2. The topological polar surface area (TPSA) is 64.9 Å². The van der Waals surface area contributed by atoms with Crippen molar-refractivity contribution < 1.29 is 4.52 Å². The smallest absolute Gasteiger partial charge is 0.240 e. The summed E-state index contributed by atoms with van der Waals surface area (Å²) in [6, 6.07) is 8.20. The molecule has 1 aromatic heterocycles. The largest absolute Gasteiger partial charge is 0.338 e. The number of hydrogen-bond acceptors (Lipinski definition) is 5. The van der Waals surface area contributed by atoms with E-state index in [1.807, 2.05) is 0 Å². The standard InChI is InChI=1S/C15H19N3OS/c1-15(2,3)12(16)13-17-14(19-18-13)11-8-9-6-4-5-7-10(9)20-11/h4-7,11-12H,8,16H2,1-3H3. The van der Waals surface area contributed by atoms with E-state index in [2.05, 4.69) is 55.2 Å². The van der Waals surface area contributed by atoms with Crippen LogP contribution in [0.15, 0.2) is 33.7 Å². The average molecular weight is 289 g/mol. The monoisotopic (exact) mass is 289 g/mol. The predicted molar refractivity (Wildman–Crippen MR) is 79.4 cm³/mol. The van der Waals surface area contributed by atoms with Crippen LogP contribution in [0, 0.1) is 5.41 Å². The average Bonchev–Trinajstić information content (AvgIpc) is 3.03. The van der Waals surface area contributed by atoms with E-state index in [-0.39, 0.29) is 16.7 Å². The molecule has 2 atom stereocenters. The normalized spacial score (nSPS) is 19.9. The Labute approximate surface area is 123 Å². The van der Waals surface area contributed by atoms with E-state index in [1.54, 1.807) is 11.8 Å². The van der Waals surface area contributed by atoms with Crippen LogP contribution in [0.3, 0.4) is 0 Å². The van der Waals surface area contributed by atoms with Crippen molar-refractivity contribution in [2.45, 2.75) is 43.4 Å². The summed E-state index contributed by atoms with van der Waals surface area (Å²) in [7, 11) is 0. The Morgan fingerprint density at radius 1 is 1.35 bits per heavy atom. The van der Waals surface area contributed by atoms with Gasteiger partial charge in [0.2, 0.25) is 5.89 Å². The highest BCUT2D eigenvalue weighted by molar-refractivity contribution is 7.99. The van der Waals surface area contributed by atoms with Crippen molar-refractivity contribution >= 4 is 11.8 Å². The lowest BCUT2D eigenvalue weighted by Crippen LogP contribution is -2.27. The Morgan fingerprint density at radius 2 is 2.10 bits per heavy atom. The van der Waals surface area contributed by atoms with E-state index >= 15 is 0 Å². The number of benzene rings is 1. The molecule has 5 heteroatoms. The summed E-state index contributed by atoms with van der Waals surface area (Å²) < 4.78 is 5.43. The first-order valence-electron chi connectivity index (χ1n) is 6.79. The number of hydrogen-bond donors (Lipinski definition) is 1. The van der Waals surface area contributed by atoms with Gasteiger partial charge in [-0.15, -0.1) is 11.8 Å². The maximum Gasteiger partial charge on any atom is 0.240 e. The molecule has 0 aliphatic carbocycles. The zero-order valence-electron chi connectivity index (χ0n) is 12.0. The summed E-state index contributed by atoms with van der Waals surface area (Å²) in [6.07, 6.45) is 0.938. The van der Waals surface area contributed by atoms with E-state index in [9.17, 15) is 0 Å². The lowest BCUT2D eigenvalue weighted by atomic mass is 9.87. The highest BCUT2D eigenvalue weighted by atomic mass is 32.2. The van der Waals surface area contributed by atoms with Gasteiger partial charge in [0.05, 0.1) is 11.3 Å². The minimum atomic E-state index is -0.214. The van der Waals surface area contributed by atoms with Gasteiger partial charge in [-0.05, 0) is 23.5 Å². The van der Waals surface area contributed by atoms with E-state index in [0.717, 1.165) is 6.42 Å². The molecular formula is C15H19N3OS. The molecule has 2 aromatic rings. The Bertz CT molecular complexity index is 593. The predicted octanol–water partition coefficient (Wildman–Crippen LogP) is 3.51. The molecule has 0 fully saturated rings. The Morgan fingerprint density at radius 3 is 2.80 bits per heavy atom. The Kier molecular flexibility index (Phi) is 3.34. The van der Waals surface area contributed by atoms with Crippen LogP contribution in [0.5, 0.6) is 0 Å². The molecule has 2 unspecified atom stereocenters. The Balaban J connectivity index is 1.80. The molecule has 1 aliphatic heterocycles. The van der Waals surface area contributed by atoms with Gasteiger partial charge < -0.3 is 10.3 Å². The fourth-order valence-electron chi connectivity index (χ4n) is 2.21. The molecule has 0 saturated heterocycles. The summed E-state index contributed by atoms with van der Waals surface area (Å²) >= 11 is 1.78. The second kappa shape index (κ2) is 4.90. The fraction of sp³-hybridized carbons (Fsp3) is 0.467. The van der Waals surface area contributed by atoms with Gasteiger partial charge in [0.25, 0.3) is 0 Å². The first kappa shape index (κ1) is 13.6. The first-order chi connectivity index (χ1) is 9.45. The molecule has 0 spiro atoms. The molecule has 20 heavy (non-hydrogen) atoms. The van der Waals surface area contributed by atoms with Gasteiger partial charge in [0.1, 0.15) is 0 Å². The lowest BCUT2D eigenvalue weighted by molar-refractivity contribution is 0.300. The summed E-state index contributed by atoms with van der Waals surface area (Å²) in [5.41, 5.74) is 7.45. The van der Waals surface area contributed by atoms with Crippen LogP contribution in [0.1, 0.15) is 49.3 Å². The van der Waals surface area contributed by atoms with Crippen molar-refractivity contribution in [3.8, 4) is 0 Å². The van der Waals surface area contributed by atoms with Crippen molar-refractivity contribution in [2.75, 3.05) is 0 Å². The summed E-state index contributed by atoms with van der Waals surface area (Å²) in [5, 5.41) is 4.27. The number of aromatic nitrogens is 2. The lowest BCUT2D eigenvalue weighted by Gasteiger charge is -2.23.